The van der Waals surface area contributed by atoms with Gasteiger partial charge in [-0.05, 0) is 25.0 Å². The van der Waals surface area contributed by atoms with Gasteiger partial charge in [-0.2, -0.15) is 5.10 Å². The Morgan fingerprint density at radius 3 is 2.50 bits per heavy atom. The van der Waals surface area contributed by atoms with Crippen LogP contribution in [0.3, 0.4) is 0 Å². The molecule has 0 aliphatic carbocycles. The topological polar surface area (TPSA) is 49.2 Å². The molecule has 0 aliphatic heterocycles. The molecule has 1 unspecified atom stereocenters. The molecule has 0 saturated carbocycles. The molecule has 4 heteroatoms. The van der Waals surface area contributed by atoms with Gasteiger partial charge in [0, 0.05) is 13.1 Å². The second kappa shape index (κ2) is 6.43. The summed E-state index contributed by atoms with van der Waals surface area (Å²) in [6, 6.07) is 3.74. The van der Waals surface area contributed by atoms with Gasteiger partial charge in [0.1, 0.15) is 0 Å². The maximum atomic E-state index is 8.89. The molecule has 0 fully saturated rings. The lowest BCUT2D eigenvalue weighted by Gasteiger charge is -2.24. The van der Waals surface area contributed by atoms with Crippen molar-refractivity contribution in [3.8, 4) is 0 Å². The predicted octanol–water partition coefficient (Wildman–Crippen LogP) is 1.84. The van der Waals surface area contributed by atoms with E-state index in [0.29, 0.717) is 11.6 Å². The summed E-state index contributed by atoms with van der Waals surface area (Å²) in [5, 5.41) is 17.0. The molecule has 1 N–H and O–H groups in total. The molecular formula is C12H21N3O. The van der Waals surface area contributed by atoms with E-state index in [1.807, 2.05) is 12.1 Å². The first kappa shape index (κ1) is 12.9. The van der Waals surface area contributed by atoms with Gasteiger partial charge < -0.3 is 10.0 Å². The Morgan fingerprint density at radius 1 is 1.31 bits per heavy atom. The molecule has 0 spiro atoms. The minimum Gasteiger partial charge on any atom is -0.390 e. The van der Waals surface area contributed by atoms with Crippen LogP contribution in [0.1, 0.15) is 32.9 Å². The second-order valence-corrected chi connectivity index (χ2v) is 4.09. The number of hydrogen-bond donors (Lipinski definition) is 1. The van der Waals surface area contributed by atoms with E-state index in [0.717, 1.165) is 18.9 Å². The molecule has 1 rings (SSSR count). The molecular weight excluding hydrogens is 202 g/mol. The fourth-order valence-electron chi connectivity index (χ4n) is 1.50. The van der Waals surface area contributed by atoms with Crippen molar-refractivity contribution in [1.82, 2.24) is 10.2 Å². The van der Waals surface area contributed by atoms with Gasteiger partial charge in [0.15, 0.2) is 5.82 Å². The summed E-state index contributed by atoms with van der Waals surface area (Å²) in [7, 11) is 0. The average Bonchev–Trinajstić information content (AvgIpc) is 2.35. The lowest BCUT2D eigenvalue weighted by Crippen LogP contribution is -2.29. The van der Waals surface area contributed by atoms with Crippen LogP contribution in [0, 0.1) is 5.92 Å². The number of rotatable bonds is 6. The highest BCUT2D eigenvalue weighted by molar-refractivity contribution is 5.37. The Hall–Kier alpha value is -1.16. The number of hydrogen-bond acceptors (Lipinski definition) is 4. The smallest absolute Gasteiger partial charge is 0.151 e. The third kappa shape index (κ3) is 3.45. The molecule has 90 valence electrons. The Kier molecular flexibility index (Phi) is 5.19. The van der Waals surface area contributed by atoms with Crippen LogP contribution in [0.25, 0.3) is 0 Å². The van der Waals surface area contributed by atoms with Gasteiger partial charge in [0.2, 0.25) is 0 Å². The van der Waals surface area contributed by atoms with Gasteiger partial charge in [-0.15, -0.1) is 5.10 Å². The number of anilines is 1. The third-order valence-corrected chi connectivity index (χ3v) is 2.80. The molecule has 1 atom stereocenters. The Labute approximate surface area is 97.3 Å². The SMILES string of the molecule is CCC(C)CN(CC)c1ccc(CO)nn1. The highest BCUT2D eigenvalue weighted by atomic mass is 16.3. The van der Waals surface area contributed by atoms with Gasteiger partial charge in [-0.1, -0.05) is 20.3 Å². The summed E-state index contributed by atoms with van der Waals surface area (Å²) in [4.78, 5) is 2.21. The van der Waals surface area contributed by atoms with Gasteiger partial charge in [-0.25, -0.2) is 0 Å². The fourth-order valence-corrected chi connectivity index (χ4v) is 1.50. The first-order chi connectivity index (χ1) is 7.71. The molecule has 16 heavy (non-hydrogen) atoms. The largest absolute Gasteiger partial charge is 0.390 e. The average molecular weight is 223 g/mol. The minimum atomic E-state index is -0.0508. The zero-order chi connectivity index (χ0) is 12.0. The van der Waals surface area contributed by atoms with Crippen LogP contribution in [-0.2, 0) is 6.61 Å². The van der Waals surface area contributed by atoms with E-state index >= 15 is 0 Å². The zero-order valence-corrected chi connectivity index (χ0v) is 10.3. The van der Waals surface area contributed by atoms with Crippen molar-refractivity contribution < 1.29 is 5.11 Å². The first-order valence-electron chi connectivity index (χ1n) is 5.89. The Balaban J connectivity index is 2.70. The van der Waals surface area contributed by atoms with E-state index in [-0.39, 0.29) is 6.61 Å². The lowest BCUT2D eigenvalue weighted by atomic mass is 10.1. The summed E-state index contributed by atoms with van der Waals surface area (Å²) in [5.41, 5.74) is 0.614. The normalized spacial score (nSPS) is 12.5. The van der Waals surface area contributed by atoms with Crippen molar-refractivity contribution in [2.75, 3.05) is 18.0 Å². The van der Waals surface area contributed by atoms with Crippen LogP contribution in [0.5, 0.6) is 0 Å². The molecule has 0 bridgehead atoms. The van der Waals surface area contributed by atoms with Crippen LogP contribution in [0.2, 0.25) is 0 Å². The van der Waals surface area contributed by atoms with Crippen LogP contribution < -0.4 is 4.90 Å². The molecule has 0 amide bonds. The van der Waals surface area contributed by atoms with Crippen molar-refractivity contribution in [2.45, 2.75) is 33.8 Å². The van der Waals surface area contributed by atoms with Crippen molar-refractivity contribution in [3.63, 3.8) is 0 Å². The van der Waals surface area contributed by atoms with E-state index < -0.39 is 0 Å². The fraction of sp³-hybridized carbons (Fsp3) is 0.667. The van der Waals surface area contributed by atoms with Crippen LogP contribution >= 0.6 is 0 Å². The number of nitrogens with zero attached hydrogens (tertiary/aromatic N) is 3. The first-order valence-corrected chi connectivity index (χ1v) is 5.89. The summed E-state index contributed by atoms with van der Waals surface area (Å²) < 4.78 is 0. The van der Waals surface area contributed by atoms with Gasteiger partial charge >= 0.3 is 0 Å². The third-order valence-electron chi connectivity index (χ3n) is 2.80. The molecule has 0 aliphatic rings. The van der Waals surface area contributed by atoms with Crippen LogP contribution in [0.15, 0.2) is 12.1 Å². The standard InChI is InChI=1S/C12H21N3O/c1-4-10(3)8-15(5-2)12-7-6-11(9-16)13-14-12/h6-7,10,16H,4-5,8-9H2,1-3H3. The Bertz CT molecular complexity index is 300. The summed E-state index contributed by atoms with van der Waals surface area (Å²) >= 11 is 0. The highest BCUT2D eigenvalue weighted by Gasteiger charge is 2.09. The number of aromatic nitrogens is 2. The number of aliphatic hydroxyl groups is 1. The van der Waals surface area contributed by atoms with E-state index in [9.17, 15) is 0 Å². The quantitative estimate of drug-likeness (QED) is 0.799. The Morgan fingerprint density at radius 2 is 2.06 bits per heavy atom. The van der Waals surface area contributed by atoms with E-state index in [4.69, 9.17) is 5.11 Å². The molecule has 1 aromatic rings. The highest BCUT2D eigenvalue weighted by Crippen LogP contribution is 2.13. The molecule has 1 aromatic heterocycles. The maximum absolute atomic E-state index is 8.89. The summed E-state index contributed by atoms with van der Waals surface area (Å²) in [6.07, 6.45) is 1.17. The van der Waals surface area contributed by atoms with E-state index in [1.54, 1.807) is 0 Å². The van der Waals surface area contributed by atoms with E-state index in [2.05, 4.69) is 35.9 Å². The van der Waals surface area contributed by atoms with Gasteiger partial charge in [0.25, 0.3) is 0 Å². The monoisotopic (exact) mass is 223 g/mol. The van der Waals surface area contributed by atoms with Crippen molar-refractivity contribution in [1.29, 1.82) is 0 Å². The summed E-state index contributed by atoms with van der Waals surface area (Å²) in [6.45, 7) is 8.42. The van der Waals surface area contributed by atoms with Crippen molar-refractivity contribution in [3.05, 3.63) is 17.8 Å². The minimum absolute atomic E-state index is 0.0508. The summed E-state index contributed by atoms with van der Waals surface area (Å²) in [5.74, 6) is 1.54. The predicted molar refractivity (Wildman–Crippen MR) is 65.3 cm³/mol. The van der Waals surface area contributed by atoms with E-state index in [1.165, 1.54) is 6.42 Å². The maximum Gasteiger partial charge on any atom is 0.151 e. The van der Waals surface area contributed by atoms with Crippen molar-refractivity contribution in [2.24, 2.45) is 5.92 Å². The molecule has 0 radical (unpaired) electrons. The van der Waals surface area contributed by atoms with Crippen LogP contribution in [-0.4, -0.2) is 28.4 Å². The molecule has 0 saturated heterocycles. The lowest BCUT2D eigenvalue weighted by molar-refractivity contribution is 0.275. The zero-order valence-electron chi connectivity index (χ0n) is 10.3. The molecule has 1 heterocycles. The van der Waals surface area contributed by atoms with Gasteiger partial charge in [-0.3, -0.25) is 0 Å². The van der Waals surface area contributed by atoms with Crippen molar-refractivity contribution >= 4 is 5.82 Å². The molecule has 0 aromatic carbocycles. The molecule has 4 nitrogen and oxygen atoms in total. The van der Waals surface area contributed by atoms with Gasteiger partial charge in [0.05, 0.1) is 12.3 Å². The number of aliphatic hydroxyl groups excluding tert-OH is 1. The van der Waals surface area contributed by atoms with Crippen LogP contribution in [0.4, 0.5) is 5.82 Å². The second-order valence-electron chi connectivity index (χ2n) is 4.09.